The molecule has 3 rings (SSSR count). The molecule has 6 nitrogen and oxygen atoms in total. The van der Waals surface area contributed by atoms with Crippen molar-refractivity contribution in [2.75, 3.05) is 21.3 Å². The van der Waals surface area contributed by atoms with E-state index in [0.717, 1.165) is 6.07 Å². The van der Waals surface area contributed by atoms with Crippen LogP contribution in [0.15, 0.2) is 48.5 Å². The van der Waals surface area contributed by atoms with Crippen molar-refractivity contribution in [3.63, 3.8) is 0 Å². The maximum absolute atomic E-state index is 14.3. The molecule has 0 radical (unpaired) electrons. The highest BCUT2D eigenvalue weighted by Crippen LogP contribution is 2.32. The molecule has 0 aliphatic heterocycles. The second-order valence-corrected chi connectivity index (χ2v) is 6.76. The summed E-state index contributed by atoms with van der Waals surface area (Å²) in [5.74, 6) is -1.73. The predicted molar refractivity (Wildman–Crippen MR) is 114 cm³/mol. The number of benzene rings is 2. The number of carbonyl (C=O) groups is 2. The van der Waals surface area contributed by atoms with Crippen LogP contribution in [0, 0.1) is 11.6 Å². The number of pyridine rings is 1. The predicted octanol–water partition coefficient (Wildman–Crippen LogP) is 4.90. The van der Waals surface area contributed by atoms with Crippen LogP contribution in [-0.4, -0.2) is 37.9 Å². The van der Waals surface area contributed by atoms with Crippen molar-refractivity contribution in [2.45, 2.75) is 12.8 Å². The molecule has 0 atom stereocenters. The third-order valence-corrected chi connectivity index (χ3v) is 4.86. The van der Waals surface area contributed by atoms with E-state index in [1.54, 1.807) is 18.2 Å². The molecule has 2 aromatic carbocycles. The monoisotopic (exact) mass is 441 g/mol. The highest BCUT2D eigenvalue weighted by atomic mass is 19.2. The van der Waals surface area contributed by atoms with Crippen molar-refractivity contribution in [3.8, 4) is 28.5 Å². The third kappa shape index (κ3) is 4.74. The molecule has 0 aliphatic carbocycles. The zero-order valence-electron chi connectivity index (χ0n) is 17.8. The summed E-state index contributed by atoms with van der Waals surface area (Å²) >= 11 is 0. The standard InChI is InChI=1S/C24H21F2NO5/c1-30-20-11-7-14(13-22(20)32-3)18(28)9-10-19(29)17-8-12-21(31-2)24(27-17)15-5-4-6-16(25)23(15)26/h4-8,11-13H,9-10H2,1-3H3. The summed E-state index contributed by atoms with van der Waals surface area (Å²) in [6, 6.07) is 11.3. The lowest BCUT2D eigenvalue weighted by atomic mass is 10.0. The number of Topliss-reactive ketones (excluding diaryl/α,β-unsaturated/α-hetero) is 2. The van der Waals surface area contributed by atoms with Crippen LogP contribution in [0.2, 0.25) is 0 Å². The van der Waals surface area contributed by atoms with Gasteiger partial charge in [-0.05, 0) is 42.5 Å². The van der Waals surface area contributed by atoms with Gasteiger partial charge in [0.05, 0.1) is 21.3 Å². The van der Waals surface area contributed by atoms with Crippen molar-refractivity contribution in [2.24, 2.45) is 0 Å². The first-order valence-electron chi connectivity index (χ1n) is 9.67. The molecule has 1 aromatic heterocycles. The summed E-state index contributed by atoms with van der Waals surface area (Å²) in [5.41, 5.74) is 0.268. The van der Waals surface area contributed by atoms with E-state index in [0.29, 0.717) is 17.1 Å². The lowest BCUT2D eigenvalue weighted by Gasteiger charge is -2.11. The van der Waals surface area contributed by atoms with Gasteiger partial charge in [-0.15, -0.1) is 0 Å². The van der Waals surface area contributed by atoms with Gasteiger partial charge in [-0.2, -0.15) is 0 Å². The number of methoxy groups -OCH3 is 3. The normalized spacial score (nSPS) is 10.5. The van der Waals surface area contributed by atoms with Gasteiger partial charge in [0, 0.05) is 24.0 Å². The van der Waals surface area contributed by atoms with E-state index < -0.39 is 17.4 Å². The van der Waals surface area contributed by atoms with Gasteiger partial charge < -0.3 is 14.2 Å². The first kappa shape index (κ1) is 22.9. The smallest absolute Gasteiger partial charge is 0.181 e. The fourth-order valence-electron chi connectivity index (χ4n) is 3.16. The Hall–Kier alpha value is -3.81. The van der Waals surface area contributed by atoms with Gasteiger partial charge >= 0.3 is 0 Å². The van der Waals surface area contributed by atoms with Crippen LogP contribution in [-0.2, 0) is 0 Å². The minimum Gasteiger partial charge on any atom is -0.494 e. The fourth-order valence-corrected chi connectivity index (χ4v) is 3.16. The lowest BCUT2D eigenvalue weighted by Crippen LogP contribution is -2.08. The molecule has 0 saturated heterocycles. The zero-order chi connectivity index (χ0) is 23.3. The second kappa shape index (κ2) is 10.00. The summed E-state index contributed by atoms with van der Waals surface area (Å²) < 4.78 is 43.5. The molecule has 0 fully saturated rings. The van der Waals surface area contributed by atoms with Crippen LogP contribution in [0.25, 0.3) is 11.3 Å². The first-order valence-corrected chi connectivity index (χ1v) is 9.67. The lowest BCUT2D eigenvalue weighted by molar-refractivity contribution is 0.0915. The summed E-state index contributed by atoms with van der Waals surface area (Å²) in [6.45, 7) is 0. The topological polar surface area (TPSA) is 74.7 Å². The number of carbonyl (C=O) groups excluding carboxylic acids is 2. The average molecular weight is 441 g/mol. The molecular formula is C24H21F2NO5. The largest absolute Gasteiger partial charge is 0.494 e. The van der Waals surface area contributed by atoms with E-state index in [1.807, 2.05) is 0 Å². The maximum Gasteiger partial charge on any atom is 0.181 e. The Morgan fingerprint density at radius 1 is 0.812 bits per heavy atom. The number of aromatic nitrogens is 1. The highest BCUT2D eigenvalue weighted by molar-refractivity contribution is 6.02. The number of nitrogens with zero attached hydrogens (tertiary/aromatic N) is 1. The molecule has 0 saturated carbocycles. The van der Waals surface area contributed by atoms with Crippen LogP contribution in [0.1, 0.15) is 33.7 Å². The van der Waals surface area contributed by atoms with E-state index in [9.17, 15) is 18.4 Å². The number of halogens is 2. The Kier molecular flexibility index (Phi) is 7.14. The van der Waals surface area contributed by atoms with Gasteiger partial charge in [0.2, 0.25) is 0 Å². The number of ether oxygens (including phenoxy) is 3. The zero-order valence-corrected chi connectivity index (χ0v) is 17.8. The third-order valence-electron chi connectivity index (χ3n) is 4.86. The van der Waals surface area contributed by atoms with Crippen molar-refractivity contribution >= 4 is 11.6 Å². The first-order chi connectivity index (χ1) is 15.4. The molecule has 0 bridgehead atoms. The van der Waals surface area contributed by atoms with E-state index in [1.165, 1.54) is 45.6 Å². The number of ketones is 2. The molecular weight excluding hydrogens is 420 g/mol. The van der Waals surface area contributed by atoms with Gasteiger partial charge in [0.1, 0.15) is 17.1 Å². The Morgan fingerprint density at radius 3 is 2.16 bits per heavy atom. The van der Waals surface area contributed by atoms with Crippen LogP contribution >= 0.6 is 0 Å². The van der Waals surface area contributed by atoms with Crippen LogP contribution in [0.5, 0.6) is 17.2 Å². The van der Waals surface area contributed by atoms with Gasteiger partial charge in [0.25, 0.3) is 0 Å². The van der Waals surface area contributed by atoms with E-state index >= 15 is 0 Å². The van der Waals surface area contributed by atoms with Gasteiger partial charge in [-0.3, -0.25) is 9.59 Å². The Morgan fingerprint density at radius 2 is 1.47 bits per heavy atom. The van der Waals surface area contributed by atoms with Crippen LogP contribution in [0.3, 0.4) is 0 Å². The minimum atomic E-state index is -1.09. The Labute approximate surface area is 183 Å². The molecule has 32 heavy (non-hydrogen) atoms. The molecule has 0 amide bonds. The highest BCUT2D eigenvalue weighted by Gasteiger charge is 2.19. The molecule has 0 unspecified atom stereocenters. The summed E-state index contributed by atoms with van der Waals surface area (Å²) in [6.07, 6.45) is -0.177. The Bertz CT molecular complexity index is 1160. The van der Waals surface area contributed by atoms with Crippen LogP contribution < -0.4 is 14.2 Å². The summed E-state index contributed by atoms with van der Waals surface area (Å²) in [7, 11) is 4.31. The number of rotatable bonds is 9. The minimum absolute atomic E-state index is 0.00145. The molecule has 0 N–H and O–H groups in total. The molecule has 0 aliphatic rings. The van der Waals surface area contributed by atoms with Crippen molar-refractivity contribution in [1.29, 1.82) is 0 Å². The SMILES string of the molecule is COc1ccc(C(=O)CCC(=O)c2ccc(OC)c(-c3cccc(F)c3F)n2)cc1OC. The quantitative estimate of drug-likeness (QED) is 0.440. The summed E-state index contributed by atoms with van der Waals surface area (Å²) in [4.78, 5) is 29.4. The maximum atomic E-state index is 14.3. The molecule has 1 heterocycles. The fraction of sp³-hybridized carbons (Fsp3) is 0.208. The number of hydrogen-bond acceptors (Lipinski definition) is 6. The van der Waals surface area contributed by atoms with E-state index in [4.69, 9.17) is 14.2 Å². The van der Waals surface area contributed by atoms with E-state index in [2.05, 4.69) is 4.98 Å². The molecule has 8 heteroatoms. The average Bonchev–Trinajstić information content (AvgIpc) is 2.83. The summed E-state index contributed by atoms with van der Waals surface area (Å²) in [5, 5.41) is 0. The molecule has 166 valence electrons. The van der Waals surface area contributed by atoms with Gasteiger partial charge in [-0.25, -0.2) is 13.8 Å². The Balaban J connectivity index is 1.80. The van der Waals surface area contributed by atoms with Crippen LogP contribution in [0.4, 0.5) is 8.78 Å². The van der Waals surface area contributed by atoms with Crippen molar-refractivity contribution in [3.05, 3.63) is 71.4 Å². The number of hydrogen-bond donors (Lipinski definition) is 0. The second-order valence-electron chi connectivity index (χ2n) is 6.76. The van der Waals surface area contributed by atoms with Gasteiger partial charge in [-0.1, -0.05) is 6.07 Å². The molecule has 3 aromatic rings. The van der Waals surface area contributed by atoms with Crippen molar-refractivity contribution in [1.82, 2.24) is 4.98 Å². The van der Waals surface area contributed by atoms with E-state index in [-0.39, 0.29) is 41.3 Å². The van der Waals surface area contributed by atoms with Gasteiger partial charge in [0.15, 0.2) is 34.7 Å². The molecule has 0 spiro atoms. The van der Waals surface area contributed by atoms with Crippen molar-refractivity contribution < 1.29 is 32.6 Å².